The van der Waals surface area contributed by atoms with Gasteiger partial charge in [-0.2, -0.15) is 0 Å². The van der Waals surface area contributed by atoms with Crippen LogP contribution in [0.4, 0.5) is 0 Å². The molecule has 0 bridgehead atoms. The third-order valence-electron chi connectivity index (χ3n) is 4.93. The lowest BCUT2D eigenvalue weighted by Crippen LogP contribution is -2.29. The molecule has 24 heavy (non-hydrogen) atoms. The highest BCUT2D eigenvalue weighted by molar-refractivity contribution is 7.99. The van der Waals surface area contributed by atoms with E-state index < -0.39 is 0 Å². The smallest absolute Gasteiger partial charge is 0.260 e. The number of hydrogen-bond acceptors (Lipinski definition) is 5. The molecule has 0 saturated carbocycles. The van der Waals surface area contributed by atoms with Crippen molar-refractivity contribution in [1.82, 2.24) is 14.9 Å². The zero-order valence-corrected chi connectivity index (χ0v) is 15.4. The molecule has 5 nitrogen and oxygen atoms in total. The van der Waals surface area contributed by atoms with Gasteiger partial charge in [-0.25, -0.2) is 4.98 Å². The molecule has 1 aliphatic carbocycles. The number of carbonyl (C=O) groups is 1. The predicted octanol–water partition coefficient (Wildman–Crippen LogP) is 2.82. The number of rotatable bonds is 3. The summed E-state index contributed by atoms with van der Waals surface area (Å²) in [5.41, 5.74) is 1.15. The van der Waals surface area contributed by atoms with Crippen LogP contribution in [0.5, 0.6) is 0 Å². The molecule has 3 heterocycles. The molecule has 0 aromatic carbocycles. The zero-order chi connectivity index (χ0) is 16.7. The van der Waals surface area contributed by atoms with Crippen LogP contribution >= 0.6 is 23.1 Å². The Kier molecular flexibility index (Phi) is 4.39. The van der Waals surface area contributed by atoms with Crippen molar-refractivity contribution in [3.63, 3.8) is 0 Å². The lowest BCUT2D eigenvalue weighted by molar-refractivity contribution is -0.127. The second-order valence-corrected chi connectivity index (χ2v) is 8.83. The number of H-pyrrole nitrogens is 1. The molecule has 1 aliphatic heterocycles. The van der Waals surface area contributed by atoms with E-state index in [0.29, 0.717) is 16.8 Å². The number of likely N-dealkylation sites (tertiary alicyclic amines) is 1. The van der Waals surface area contributed by atoms with Gasteiger partial charge < -0.3 is 9.88 Å². The Morgan fingerprint density at radius 1 is 1.42 bits per heavy atom. The second kappa shape index (κ2) is 6.52. The van der Waals surface area contributed by atoms with Crippen molar-refractivity contribution in [2.45, 2.75) is 44.2 Å². The number of thioether (sulfide) groups is 1. The highest BCUT2D eigenvalue weighted by Gasteiger charge is 2.23. The summed E-state index contributed by atoms with van der Waals surface area (Å²) in [4.78, 5) is 36.2. The number of carbonyl (C=O) groups excluding carboxylic acids is 1. The van der Waals surface area contributed by atoms with Crippen LogP contribution in [0.1, 0.15) is 36.6 Å². The van der Waals surface area contributed by atoms with E-state index in [2.05, 4.69) is 16.9 Å². The van der Waals surface area contributed by atoms with E-state index in [1.54, 1.807) is 11.3 Å². The van der Waals surface area contributed by atoms with E-state index in [1.807, 2.05) is 4.90 Å². The quantitative estimate of drug-likeness (QED) is 0.673. The molecule has 1 N–H and O–H groups in total. The Hall–Kier alpha value is -1.34. The Morgan fingerprint density at radius 3 is 3.00 bits per heavy atom. The normalized spacial score (nSPS) is 20.5. The molecule has 0 unspecified atom stereocenters. The van der Waals surface area contributed by atoms with Gasteiger partial charge in [0.25, 0.3) is 5.56 Å². The number of nitrogens with zero attached hydrogens (tertiary/aromatic N) is 2. The molecule has 7 heteroatoms. The van der Waals surface area contributed by atoms with Gasteiger partial charge in [0.15, 0.2) is 5.16 Å². The molecule has 0 spiro atoms. The van der Waals surface area contributed by atoms with E-state index in [0.717, 1.165) is 55.4 Å². The molecule has 1 fully saturated rings. The molecule has 2 aliphatic rings. The van der Waals surface area contributed by atoms with E-state index in [1.165, 1.54) is 22.2 Å². The fourth-order valence-electron chi connectivity index (χ4n) is 3.59. The number of hydrogen-bond donors (Lipinski definition) is 1. The molecule has 1 atom stereocenters. The van der Waals surface area contributed by atoms with Crippen molar-refractivity contribution in [2.75, 3.05) is 18.8 Å². The summed E-state index contributed by atoms with van der Waals surface area (Å²) in [6, 6.07) is 0. The first-order valence-corrected chi connectivity index (χ1v) is 10.4. The number of aryl methyl sites for hydroxylation is 1. The van der Waals surface area contributed by atoms with E-state index >= 15 is 0 Å². The number of aromatic nitrogens is 2. The van der Waals surface area contributed by atoms with Gasteiger partial charge in [0.2, 0.25) is 5.91 Å². The van der Waals surface area contributed by atoms with Gasteiger partial charge in [-0.05, 0) is 43.6 Å². The van der Waals surface area contributed by atoms with Gasteiger partial charge in [0, 0.05) is 18.0 Å². The van der Waals surface area contributed by atoms with Crippen molar-refractivity contribution in [1.29, 1.82) is 0 Å². The minimum atomic E-state index is -0.0526. The molecular formula is C17H21N3O2S2. The standard InChI is InChI=1S/C17H21N3O2S2/c1-10-4-5-11-12(8-10)24-16-14(11)15(22)18-17(19-16)23-9-13(21)20-6-2-3-7-20/h10H,2-9H2,1H3,(H,18,19,22)/t10-/m1/s1. The summed E-state index contributed by atoms with van der Waals surface area (Å²) in [6.45, 7) is 3.98. The summed E-state index contributed by atoms with van der Waals surface area (Å²) in [7, 11) is 0. The van der Waals surface area contributed by atoms with Gasteiger partial charge >= 0.3 is 0 Å². The molecule has 2 aromatic heterocycles. The minimum Gasteiger partial charge on any atom is -0.342 e. The van der Waals surface area contributed by atoms with Crippen molar-refractivity contribution < 1.29 is 4.79 Å². The van der Waals surface area contributed by atoms with Crippen LogP contribution in [0, 0.1) is 5.92 Å². The van der Waals surface area contributed by atoms with Gasteiger partial charge in [-0.3, -0.25) is 9.59 Å². The maximum Gasteiger partial charge on any atom is 0.260 e. The minimum absolute atomic E-state index is 0.0526. The van der Waals surface area contributed by atoms with Crippen LogP contribution in [0.25, 0.3) is 10.2 Å². The van der Waals surface area contributed by atoms with E-state index in [9.17, 15) is 9.59 Å². The summed E-state index contributed by atoms with van der Waals surface area (Å²) in [5, 5.41) is 1.34. The Labute approximate surface area is 148 Å². The largest absolute Gasteiger partial charge is 0.342 e. The van der Waals surface area contributed by atoms with Crippen LogP contribution in [0.3, 0.4) is 0 Å². The third kappa shape index (κ3) is 2.99. The number of aromatic amines is 1. The maximum atomic E-state index is 12.5. The number of fused-ring (bicyclic) bond motifs is 3. The van der Waals surface area contributed by atoms with Crippen LogP contribution < -0.4 is 5.56 Å². The zero-order valence-electron chi connectivity index (χ0n) is 13.8. The Bertz CT molecular complexity index is 836. The molecule has 128 valence electrons. The first-order chi connectivity index (χ1) is 11.6. The topological polar surface area (TPSA) is 66.1 Å². The van der Waals surface area contributed by atoms with Gasteiger partial charge in [0.05, 0.1) is 11.1 Å². The highest BCUT2D eigenvalue weighted by atomic mass is 32.2. The molecular weight excluding hydrogens is 342 g/mol. The van der Waals surface area contributed by atoms with Gasteiger partial charge in [-0.1, -0.05) is 18.7 Å². The molecule has 1 saturated heterocycles. The fourth-order valence-corrected chi connectivity index (χ4v) is 5.79. The van der Waals surface area contributed by atoms with E-state index in [-0.39, 0.29) is 11.5 Å². The van der Waals surface area contributed by atoms with Crippen LogP contribution in [0.15, 0.2) is 9.95 Å². The lowest BCUT2D eigenvalue weighted by atomic mass is 9.89. The highest BCUT2D eigenvalue weighted by Crippen LogP contribution is 2.36. The summed E-state index contributed by atoms with van der Waals surface area (Å²) >= 11 is 2.99. The predicted molar refractivity (Wildman–Crippen MR) is 98.0 cm³/mol. The molecule has 4 rings (SSSR count). The maximum absolute atomic E-state index is 12.5. The number of nitrogens with one attached hydrogen (secondary N) is 1. The van der Waals surface area contributed by atoms with Crippen LogP contribution in [-0.4, -0.2) is 39.6 Å². The number of amides is 1. The van der Waals surface area contributed by atoms with E-state index in [4.69, 9.17) is 0 Å². The summed E-state index contributed by atoms with van der Waals surface area (Å²) in [5.74, 6) is 1.16. The average molecular weight is 364 g/mol. The van der Waals surface area contributed by atoms with Crippen molar-refractivity contribution in [3.05, 3.63) is 20.8 Å². The Morgan fingerprint density at radius 2 is 2.21 bits per heavy atom. The first kappa shape index (κ1) is 16.1. The van der Waals surface area contributed by atoms with Gasteiger partial charge in [-0.15, -0.1) is 11.3 Å². The summed E-state index contributed by atoms with van der Waals surface area (Å²) in [6.07, 6.45) is 5.35. The Balaban J connectivity index is 1.56. The third-order valence-corrected chi connectivity index (χ3v) is 6.94. The van der Waals surface area contributed by atoms with Crippen molar-refractivity contribution in [2.24, 2.45) is 5.92 Å². The fraction of sp³-hybridized carbons (Fsp3) is 0.588. The average Bonchev–Trinajstić information content (AvgIpc) is 3.19. The van der Waals surface area contributed by atoms with Gasteiger partial charge in [0.1, 0.15) is 4.83 Å². The molecule has 2 aromatic rings. The SMILES string of the molecule is C[C@@H]1CCc2c(sc3nc(SCC(=O)N4CCCC4)[nH]c(=O)c23)C1. The van der Waals surface area contributed by atoms with Crippen LogP contribution in [-0.2, 0) is 17.6 Å². The first-order valence-electron chi connectivity index (χ1n) is 8.57. The lowest BCUT2D eigenvalue weighted by Gasteiger charge is -2.17. The molecule has 0 radical (unpaired) electrons. The molecule has 1 amide bonds. The van der Waals surface area contributed by atoms with Crippen LogP contribution in [0.2, 0.25) is 0 Å². The van der Waals surface area contributed by atoms with Crippen molar-refractivity contribution >= 4 is 39.2 Å². The monoisotopic (exact) mass is 363 g/mol. The summed E-state index contributed by atoms with van der Waals surface area (Å²) < 4.78 is 0. The number of thiophene rings is 1. The second-order valence-electron chi connectivity index (χ2n) is 6.78. The van der Waals surface area contributed by atoms with Crippen molar-refractivity contribution in [3.8, 4) is 0 Å².